The number of amides is 1. The van der Waals surface area contributed by atoms with Gasteiger partial charge in [0.1, 0.15) is 22.6 Å². The first-order valence-electron chi connectivity index (χ1n) is 15.1. The lowest BCUT2D eigenvalue weighted by Gasteiger charge is -2.23. The van der Waals surface area contributed by atoms with Crippen molar-refractivity contribution in [3.8, 4) is 18.1 Å². The van der Waals surface area contributed by atoms with Crippen molar-refractivity contribution in [1.82, 2.24) is 29.3 Å². The van der Waals surface area contributed by atoms with Gasteiger partial charge in [-0.15, -0.1) is 12.3 Å². The number of para-hydroxylation sites is 1. The highest BCUT2D eigenvalue weighted by Crippen LogP contribution is 2.34. The molecular weight excluding hydrogens is 570 g/mol. The van der Waals surface area contributed by atoms with Crippen LogP contribution in [0.15, 0.2) is 70.0 Å². The number of fused-ring (bicyclic) bond motifs is 3. The number of ether oxygens (including phenoxy) is 1. The van der Waals surface area contributed by atoms with E-state index in [9.17, 15) is 9.59 Å². The molecule has 0 atom stereocenters. The number of carbonyl (C=O) groups is 1. The topological polar surface area (TPSA) is 145 Å². The fraction of sp³-hybridized carbons (Fsp3) is 0.394. The van der Waals surface area contributed by atoms with Gasteiger partial charge in [-0.3, -0.25) is 14.2 Å². The molecule has 0 bridgehead atoms. The Morgan fingerprint density at radius 3 is 2.78 bits per heavy atom. The molecule has 5 rings (SSSR count). The smallest absolute Gasteiger partial charge is 0.277 e. The van der Waals surface area contributed by atoms with E-state index in [-0.39, 0.29) is 11.5 Å². The van der Waals surface area contributed by atoms with Gasteiger partial charge in [-0.2, -0.15) is 10.2 Å². The van der Waals surface area contributed by atoms with E-state index in [0.29, 0.717) is 43.8 Å². The van der Waals surface area contributed by atoms with Crippen molar-refractivity contribution in [3.05, 3.63) is 70.9 Å². The van der Waals surface area contributed by atoms with E-state index >= 15 is 0 Å². The number of aromatic nitrogens is 4. The third-order valence-electron chi connectivity index (χ3n) is 8.07. The van der Waals surface area contributed by atoms with Crippen molar-refractivity contribution in [3.63, 3.8) is 0 Å². The summed E-state index contributed by atoms with van der Waals surface area (Å²) in [6.45, 7) is 3.14. The van der Waals surface area contributed by atoms with Crippen LogP contribution in [0.4, 0.5) is 5.82 Å². The maximum Gasteiger partial charge on any atom is 0.277 e. The Balaban J connectivity index is 1.20. The van der Waals surface area contributed by atoms with E-state index in [0.717, 1.165) is 60.1 Å². The van der Waals surface area contributed by atoms with E-state index in [1.165, 1.54) is 6.08 Å². The van der Waals surface area contributed by atoms with Crippen LogP contribution in [0.3, 0.4) is 0 Å². The molecule has 4 aromatic rings. The van der Waals surface area contributed by atoms with E-state index in [1.807, 2.05) is 35.9 Å². The van der Waals surface area contributed by atoms with Gasteiger partial charge in [-0.1, -0.05) is 18.2 Å². The summed E-state index contributed by atoms with van der Waals surface area (Å²) in [7, 11) is 3.52. The lowest BCUT2D eigenvalue weighted by atomic mass is 10.1. The van der Waals surface area contributed by atoms with Crippen LogP contribution in [0, 0.1) is 12.3 Å². The minimum atomic E-state index is -0.643. The Kier molecular flexibility index (Phi) is 9.89. The van der Waals surface area contributed by atoms with E-state index < -0.39 is 5.66 Å². The molecule has 0 saturated heterocycles. The Bertz CT molecular complexity index is 1830. The van der Waals surface area contributed by atoms with Gasteiger partial charge in [0.05, 0.1) is 19.0 Å². The van der Waals surface area contributed by atoms with Crippen LogP contribution < -0.4 is 21.3 Å². The van der Waals surface area contributed by atoms with Crippen LogP contribution in [-0.2, 0) is 24.8 Å². The highest BCUT2D eigenvalue weighted by Gasteiger charge is 2.36. The van der Waals surface area contributed by atoms with Gasteiger partial charge in [-0.05, 0) is 44.5 Å². The molecule has 3 N–H and O–H groups in total. The molecular formula is C33H39N9O3. The number of nitrogen functional groups attached to an aromatic ring is 1. The summed E-state index contributed by atoms with van der Waals surface area (Å²) in [5, 5.41) is 12.0. The molecule has 0 fully saturated rings. The number of nitrogens with one attached hydrogen (secondary N) is 1. The van der Waals surface area contributed by atoms with Gasteiger partial charge in [0.2, 0.25) is 11.6 Å². The molecule has 1 aliphatic heterocycles. The number of benzene rings is 1. The zero-order valence-electron chi connectivity index (χ0n) is 25.8. The second-order valence-electron chi connectivity index (χ2n) is 11.1. The van der Waals surface area contributed by atoms with Gasteiger partial charge in [-0.25, -0.2) is 9.97 Å². The molecule has 45 heavy (non-hydrogen) atoms. The zero-order chi connectivity index (χ0) is 31.8. The average molecular weight is 610 g/mol. The predicted octanol–water partition coefficient (Wildman–Crippen LogP) is 3.45. The minimum Gasteiger partial charge on any atom is -0.496 e. The summed E-state index contributed by atoms with van der Waals surface area (Å²) in [6, 6.07) is 9.64. The fourth-order valence-corrected chi connectivity index (χ4v) is 5.55. The Labute approximate surface area is 262 Å². The van der Waals surface area contributed by atoms with Gasteiger partial charge in [0.25, 0.3) is 5.56 Å². The van der Waals surface area contributed by atoms with E-state index in [2.05, 4.69) is 36.3 Å². The maximum atomic E-state index is 13.4. The third-order valence-corrected chi connectivity index (χ3v) is 8.07. The van der Waals surface area contributed by atoms with Crippen LogP contribution in [0.5, 0.6) is 5.75 Å². The predicted molar refractivity (Wildman–Crippen MR) is 175 cm³/mol. The molecule has 4 heterocycles. The van der Waals surface area contributed by atoms with Gasteiger partial charge < -0.3 is 25.3 Å². The molecule has 12 heteroatoms. The molecule has 0 aliphatic carbocycles. The lowest BCUT2D eigenvalue weighted by molar-refractivity contribution is -0.116. The van der Waals surface area contributed by atoms with Crippen LogP contribution in [0.1, 0.15) is 31.2 Å². The first-order valence-corrected chi connectivity index (χ1v) is 15.1. The van der Waals surface area contributed by atoms with E-state index in [1.54, 1.807) is 36.3 Å². The number of nitrogens with zero attached hydrogens (tertiary/aromatic N) is 7. The second kappa shape index (κ2) is 14.2. The van der Waals surface area contributed by atoms with Crippen molar-refractivity contribution >= 4 is 33.7 Å². The Morgan fingerprint density at radius 1 is 1.20 bits per heavy atom. The lowest BCUT2D eigenvalue weighted by Crippen LogP contribution is -2.36. The number of methoxy groups -OCH3 is 1. The Hall–Kier alpha value is -5.02. The monoisotopic (exact) mass is 609 g/mol. The molecule has 0 spiro atoms. The van der Waals surface area contributed by atoms with Gasteiger partial charge in [0, 0.05) is 68.8 Å². The minimum absolute atomic E-state index is 0.0543. The van der Waals surface area contributed by atoms with Crippen molar-refractivity contribution in [2.24, 2.45) is 17.3 Å². The first-order chi connectivity index (χ1) is 21.8. The van der Waals surface area contributed by atoms with Gasteiger partial charge >= 0.3 is 0 Å². The zero-order valence-corrected chi connectivity index (χ0v) is 25.8. The average Bonchev–Trinajstić information content (AvgIpc) is 3.77. The molecule has 1 aliphatic rings. The highest BCUT2D eigenvalue weighted by atomic mass is 16.5. The highest BCUT2D eigenvalue weighted by molar-refractivity contribution is 6.05. The number of nitrogens with two attached hydrogens (primary N) is 1. The summed E-state index contributed by atoms with van der Waals surface area (Å²) >= 11 is 0. The van der Waals surface area contributed by atoms with Gasteiger partial charge in [0.15, 0.2) is 0 Å². The number of terminal acetylenes is 1. The summed E-state index contributed by atoms with van der Waals surface area (Å²) < 4.78 is 9.08. The standard InChI is InChI=1S/C33H39N9O3/c1-4-5-14-33(38-39-33)15-13-29(43)35-16-20-41(17-8-10-24-22-36-28(34)21-27(24)45-3)18-9-19-42-23-37-30-25-11-6-7-12-26(25)40(2)31(30)32(42)44/h1,6-7,11-13,15,21-23H,5,8-10,14,16-20H2,2-3H3,(H2,34,36)(H,35,43). The molecule has 0 radical (unpaired) electrons. The van der Waals surface area contributed by atoms with E-state index in [4.69, 9.17) is 16.9 Å². The SMILES string of the molecule is C#CCCC1(C=CC(=O)NCCN(CCCc2cnc(N)cc2OC)CCCn2cnc3c4ccccc4n(C)c3c2=O)N=N1. The molecule has 1 aromatic carbocycles. The van der Waals surface area contributed by atoms with Crippen LogP contribution in [-0.4, -0.2) is 68.9 Å². The summed E-state index contributed by atoms with van der Waals surface area (Å²) in [4.78, 5) is 37.1. The molecule has 1 amide bonds. The second-order valence-corrected chi connectivity index (χ2v) is 11.1. The number of hydrogen-bond donors (Lipinski definition) is 2. The largest absolute Gasteiger partial charge is 0.496 e. The molecule has 0 unspecified atom stereocenters. The summed E-state index contributed by atoms with van der Waals surface area (Å²) in [5.41, 5.74) is 8.41. The van der Waals surface area contributed by atoms with Crippen LogP contribution in [0.2, 0.25) is 0 Å². The number of pyridine rings is 1. The van der Waals surface area contributed by atoms with Crippen LogP contribution >= 0.6 is 0 Å². The molecule has 3 aromatic heterocycles. The van der Waals surface area contributed by atoms with Crippen molar-refractivity contribution in [2.75, 3.05) is 39.0 Å². The number of rotatable bonds is 16. The summed E-state index contributed by atoms with van der Waals surface area (Å²) in [6.07, 6.45) is 15.4. The maximum absolute atomic E-state index is 13.4. The third kappa shape index (κ3) is 7.56. The van der Waals surface area contributed by atoms with Crippen molar-refractivity contribution < 1.29 is 9.53 Å². The number of anilines is 1. The Morgan fingerprint density at radius 2 is 2.00 bits per heavy atom. The number of carbonyl (C=O) groups excluding carboxylic acids is 1. The number of hydrogen-bond acceptors (Lipinski definition) is 9. The van der Waals surface area contributed by atoms with Crippen LogP contribution in [0.25, 0.3) is 21.9 Å². The fourth-order valence-electron chi connectivity index (χ4n) is 5.55. The summed E-state index contributed by atoms with van der Waals surface area (Å²) in [5.74, 6) is 3.51. The first kappa shape index (κ1) is 31.4. The van der Waals surface area contributed by atoms with Crippen molar-refractivity contribution in [2.45, 2.75) is 44.3 Å². The molecule has 234 valence electrons. The molecule has 0 saturated carbocycles. The quantitative estimate of drug-likeness (QED) is 0.146. The molecule has 12 nitrogen and oxygen atoms in total. The van der Waals surface area contributed by atoms with Crippen molar-refractivity contribution in [1.29, 1.82) is 0 Å². The number of aryl methyl sites for hydroxylation is 3. The normalized spacial score (nSPS) is 13.6.